The zero-order valence-corrected chi connectivity index (χ0v) is 15.6. The first-order chi connectivity index (χ1) is 12.3. The van der Waals surface area contributed by atoms with Crippen molar-refractivity contribution in [2.24, 2.45) is 0 Å². The molecular formula is C15H12Cl2N2O6S. The fourth-order valence-corrected chi connectivity index (χ4v) is 3.16. The topological polar surface area (TPSA) is 108 Å². The van der Waals surface area contributed by atoms with Crippen molar-refractivity contribution in [1.29, 1.82) is 0 Å². The predicted molar refractivity (Wildman–Crippen MR) is 97.5 cm³/mol. The Morgan fingerprint density at radius 2 is 2.04 bits per heavy atom. The molecule has 0 aliphatic heterocycles. The van der Waals surface area contributed by atoms with Gasteiger partial charge in [0, 0.05) is 11.1 Å². The molecule has 1 N–H and O–H groups in total. The fourth-order valence-electron chi connectivity index (χ4n) is 1.82. The highest BCUT2D eigenvalue weighted by Crippen LogP contribution is 2.34. The average molecular weight is 419 g/mol. The van der Waals surface area contributed by atoms with Gasteiger partial charge in [-0.1, -0.05) is 23.2 Å². The van der Waals surface area contributed by atoms with Crippen LogP contribution in [0.15, 0.2) is 24.3 Å². The molecule has 2 aromatic rings. The molecule has 0 radical (unpaired) electrons. The molecule has 0 saturated carbocycles. The maximum atomic E-state index is 12.1. The molecule has 138 valence electrons. The second-order valence-corrected chi connectivity index (χ2v) is 6.59. The number of ether oxygens (including phenoxy) is 2. The Morgan fingerprint density at radius 1 is 1.31 bits per heavy atom. The van der Waals surface area contributed by atoms with Crippen molar-refractivity contribution >= 4 is 56.4 Å². The van der Waals surface area contributed by atoms with Crippen LogP contribution in [-0.2, 0) is 9.53 Å². The van der Waals surface area contributed by atoms with Gasteiger partial charge in [0.25, 0.3) is 5.91 Å². The number of nitrogens with zero attached hydrogens (tertiary/aromatic N) is 1. The summed E-state index contributed by atoms with van der Waals surface area (Å²) in [5.74, 6) is -1.15. The lowest BCUT2D eigenvalue weighted by molar-refractivity contribution is -0.380. The van der Waals surface area contributed by atoms with Crippen LogP contribution in [0, 0.1) is 10.1 Å². The van der Waals surface area contributed by atoms with Crippen LogP contribution in [0.25, 0.3) is 0 Å². The van der Waals surface area contributed by atoms with Crippen LogP contribution >= 0.6 is 34.5 Å². The normalized spacial score (nSPS) is 10.3. The number of thiophene rings is 1. The van der Waals surface area contributed by atoms with Gasteiger partial charge < -0.3 is 14.8 Å². The van der Waals surface area contributed by atoms with E-state index in [0.717, 1.165) is 6.07 Å². The van der Waals surface area contributed by atoms with Crippen molar-refractivity contribution in [3.05, 3.63) is 50.0 Å². The molecule has 1 aromatic carbocycles. The predicted octanol–water partition coefficient (Wildman–Crippen LogP) is 4.16. The molecule has 1 aromatic heterocycles. The number of halogens is 2. The van der Waals surface area contributed by atoms with E-state index in [1.54, 1.807) is 13.0 Å². The summed E-state index contributed by atoms with van der Waals surface area (Å²) in [6.45, 7) is 1.27. The lowest BCUT2D eigenvalue weighted by Crippen LogP contribution is -2.21. The Bertz CT molecular complexity index is 855. The lowest BCUT2D eigenvalue weighted by Gasteiger charge is -2.09. The SMILES string of the molecule is CCOC(=O)c1cc([N+](=O)[O-])sc1NC(=O)COc1ccc(Cl)cc1Cl. The third-order valence-corrected chi connectivity index (χ3v) is 4.43. The number of carbonyl (C=O) groups excluding carboxylic acids is 2. The Kier molecular flexibility index (Phi) is 6.78. The van der Waals surface area contributed by atoms with Gasteiger partial charge in [-0.25, -0.2) is 4.79 Å². The molecular weight excluding hydrogens is 407 g/mol. The summed E-state index contributed by atoms with van der Waals surface area (Å²) >= 11 is 12.4. The number of hydrogen-bond donors (Lipinski definition) is 1. The minimum atomic E-state index is -0.770. The third-order valence-electron chi connectivity index (χ3n) is 2.90. The molecule has 0 bridgehead atoms. The molecule has 1 amide bonds. The number of carbonyl (C=O) groups is 2. The Morgan fingerprint density at radius 3 is 2.65 bits per heavy atom. The van der Waals surface area contributed by atoms with Gasteiger partial charge in [-0.2, -0.15) is 0 Å². The van der Waals surface area contributed by atoms with Crippen molar-refractivity contribution in [1.82, 2.24) is 0 Å². The zero-order valence-electron chi connectivity index (χ0n) is 13.3. The molecule has 8 nitrogen and oxygen atoms in total. The van der Waals surface area contributed by atoms with Gasteiger partial charge in [-0.15, -0.1) is 0 Å². The molecule has 0 atom stereocenters. The summed E-state index contributed by atoms with van der Waals surface area (Å²) in [4.78, 5) is 34.2. The van der Waals surface area contributed by atoms with E-state index < -0.39 is 23.4 Å². The van der Waals surface area contributed by atoms with Gasteiger partial charge in [0.15, 0.2) is 6.61 Å². The first kappa shape index (κ1) is 20.0. The summed E-state index contributed by atoms with van der Waals surface area (Å²) in [5, 5.41) is 13.7. The van der Waals surface area contributed by atoms with E-state index in [-0.39, 0.29) is 32.9 Å². The molecule has 11 heteroatoms. The van der Waals surface area contributed by atoms with Crippen molar-refractivity contribution < 1.29 is 24.0 Å². The molecule has 2 rings (SSSR count). The van der Waals surface area contributed by atoms with E-state index in [4.69, 9.17) is 32.7 Å². The lowest BCUT2D eigenvalue weighted by atomic mass is 10.3. The Labute approximate surface area is 161 Å². The first-order valence-electron chi connectivity index (χ1n) is 7.14. The molecule has 0 fully saturated rings. The first-order valence-corrected chi connectivity index (χ1v) is 8.72. The fraction of sp³-hybridized carbons (Fsp3) is 0.200. The van der Waals surface area contributed by atoms with Crippen LogP contribution in [0.5, 0.6) is 5.75 Å². The molecule has 1 heterocycles. The summed E-state index contributed by atoms with van der Waals surface area (Å²) in [6, 6.07) is 5.55. The van der Waals surface area contributed by atoms with Crippen LogP contribution in [0.3, 0.4) is 0 Å². The minimum Gasteiger partial charge on any atom is -0.482 e. The maximum Gasteiger partial charge on any atom is 0.341 e. The number of amides is 1. The molecule has 0 spiro atoms. The highest BCUT2D eigenvalue weighted by Gasteiger charge is 2.24. The third kappa shape index (κ3) is 5.07. The number of esters is 1. The Balaban J connectivity index is 2.09. The summed E-state index contributed by atoms with van der Waals surface area (Å²) in [7, 11) is 0. The monoisotopic (exact) mass is 418 g/mol. The molecule has 26 heavy (non-hydrogen) atoms. The van der Waals surface area contributed by atoms with Gasteiger partial charge >= 0.3 is 11.0 Å². The number of nitro groups is 1. The second-order valence-electron chi connectivity index (χ2n) is 4.72. The van der Waals surface area contributed by atoms with Crippen LogP contribution in [0.1, 0.15) is 17.3 Å². The number of rotatable bonds is 7. The van der Waals surface area contributed by atoms with E-state index in [0.29, 0.717) is 16.4 Å². The van der Waals surface area contributed by atoms with E-state index in [1.807, 2.05) is 0 Å². The van der Waals surface area contributed by atoms with Gasteiger partial charge in [0.05, 0.1) is 16.6 Å². The van der Waals surface area contributed by atoms with Gasteiger partial charge in [-0.05, 0) is 36.5 Å². The Hall–Kier alpha value is -2.36. The second kappa shape index (κ2) is 8.84. The summed E-state index contributed by atoms with van der Waals surface area (Å²) in [6.07, 6.45) is 0. The molecule has 0 saturated heterocycles. The average Bonchev–Trinajstić information content (AvgIpc) is 2.98. The van der Waals surface area contributed by atoms with Gasteiger partial charge in [-0.3, -0.25) is 14.9 Å². The van der Waals surface area contributed by atoms with Crippen LogP contribution in [0.4, 0.5) is 10.0 Å². The van der Waals surface area contributed by atoms with Crippen LogP contribution < -0.4 is 10.1 Å². The number of benzene rings is 1. The number of hydrogen-bond acceptors (Lipinski definition) is 7. The quantitative estimate of drug-likeness (QED) is 0.410. The van der Waals surface area contributed by atoms with Crippen molar-refractivity contribution in [2.45, 2.75) is 6.92 Å². The highest BCUT2D eigenvalue weighted by molar-refractivity contribution is 7.19. The summed E-state index contributed by atoms with van der Waals surface area (Å²) in [5.41, 5.74) is -0.0959. The standard InChI is InChI=1S/C15H12Cl2N2O6S/c1-2-24-15(21)9-6-13(19(22)23)26-14(9)18-12(20)7-25-11-4-3-8(16)5-10(11)17/h3-6H,2,7H2,1H3,(H,18,20). The number of nitrogens with one attached hydrogen (secondary N) is 1. The molecule has 0 unspecified atom stereocenters. The summed E-state index contributed by atoms with van der Waals surface area (Å²) < 4.78 is 10.1. The van der Waals surface area contributed by atoms with Gasteiger partial charge in [0.2, 0.25) is 0 Å². The van der Waals surface area contributed by atoms with Crippen LogP contribution in [0.2, 0.25) is 10.0 Å². The number of anilines is 1. The van der Waals surface area contributed by atoms with E-state index in [2.05, 4.69) is 5.32 Å². The van der Waals surface area contributed by atoms with Crippen molar-refractivity contribution in [2.75, 3.05) is 18.5 Å². The van der Waals surface area contributed by atoms with E-state index in [1.165, 1.54) is 12.1 Å². The highest BCUT2D eigenvalue weighted by atomic mass is 35.5. The van der Waals surface area contributed by atoms with Crippen molar-refractivity contribution in [3.8, 4) is 5.75 Å². The van der Waals surface area contributed by atoms with Crippen molar-refractivity contribution in [3.63, 3.8) is 0 Å². The zero-order chi connectivity index (χ0) is 19.3. The largest absolute Gasteiger partial charge is 0.482 e. The molecule has 0 aliphatic carbocycles. The maximum absolute atomic E-state index is 12.1. The van der Waals surface area contributed by atoms with Gasteiger partial charge in [0.1, 0.15) is 16.3 Å². The smallest absolute Gasteiger partial charge is 0.341 e. The minimum absolute atomic E-state index is 0.00551. The molecule has 0 aliphatic rings. The van der Waals surface area contributed by atoms with E-state index in [9.17, 15) is 19.7 Å². The van der Waals surface area contributed by atoms with Crippen LogP contribution in [-0.4, -0.2) is 30.0 Å². The van der Waals surface area contributed by atoms with E-state index >= 15 is 0 Å².